The lowest BCUT2D eigenvalue weighted by Crippen LogP contribution is -2.34. The van der Waals surface area contributed by atoms with Gasteiger partial charge >= 0.3 is 0 Å². The van der Waals surface area contributed by atoms with Gasteiger partial charge in [0.1, 0.15) is 23.1 Å². The normalized spacial score (nSPS) is 14.4. The fourth-order valence-electron chi connectivity index (χ4n) is 4.89. The van der Waals surface area contributed by atoms with Crippen LogP contribution in [-0.2, 0) is 0 Å². The van der Waals surface area contributed by atoms with Crippen molar-refractivity contribution in [1.82, 2.24) is 40.4 Å². The molecular weight excluding hydrogens is 464 g/mol. The monoisotopic (exact) mass is 488 g/mol. The lowest BCUT2D eigenvalue weighted by atomic mass is 10.0. The summed E-state index contributed by atoms with van der Waals surface area (Å²) in [4.78, 5) is 21.5. The lowest BCUT2D eigenvalue weighted by molar-refractivity contribution is 0.162. The number of hydrogen-bond acceptors (Lipinski definition) is 7. The number of fused-ring (bicyclic) bond motifs is 2. The number of ether oxygens (including phenoxy) is 1. The van der Waals surface area contributed by atoms with Crippen molar-refractivity contribution in [2.75, 3.05) is 13.1 Å². The van der Waals surface area contributed by atoms with Crippen molar-refractivity contribution in [1.29, 1.82) is 0 Å². The van der Waals surface area contributed by atoms with Crippen LogP contribution in [0.5, 0.6) is 5.75 Å². The highest BCUT2D eigenvalue weighted by Crippen LogP contribution is 2.33. The lowest BCUT2D eigenvalue weighted by Gasteiger charge is -2.23. The molecule has 0 bridgehead atoms. The number of aromatic amines is 2. The zero-order valence-corrected chi connectivity index (χ0v) is 20.0. The van der Waals surface area contributed by atoms with Gasteiger partial charge < -0.3 is 15.0 Å². The summed E-state index contributed by atoms with van der Waals surface area (Å²) in [5, 5.41) is 12.1. The van der Waals surface area contributed by atoms with Crippen molar-refractivity contribution < 1.29 is 4.74 Å². The van der Waals surface area contributed by atoms with Crippen LogP contribution < -0.4 is 10.1 Å². The van der Waals surface area contributed by atoms with E-state index in [4.69, 9.17) is 9.72 Å². The Morgan fingerprint density at radius 3 is 2.57 bits per heavy atom. The Balaban J connectivity index is 1.26. The van der Waals surface area contributed by atoms with Crippen LogP contribution >= 0.6 is 0 Å². The summed E-state index contributed by atoms with van der Waals surface area (Å²) in [6.07, 6.45) is 11.2. The molecule has 6 aromatic rings. The molecule has 5 aromatic heterocycles. The number of piperidine rings is 1. The SMILES string of the molecule is c1cc(-c2nccc3[nH]c(-c4n[nH]c5ccc(-c6cncc(OC7CCNCC7)c6)cc45)nc23)ccn1. The number of aromatic nitrogens is 7. The van der Waals surface area contributed by atoms with E-state index in [0.29, 0.717) is 5.82 Å². The Hall–Kier alpha value is -4.63. The highest BCUT2D eigenvalue weighted by molar-refractivity contribution is 5.97. The topological polar surface area (TPSA) is 117 Å². The predicted molar refractivity (Wildman–Crippen MR) is 142 cm³/mol. The van der Waals surface area contributed by atoms with Crippen LogP contribution in [0.3, 0.4) is 0 Å². The third kappa shape index (κ3) is 4.09. The van der Waals surface area contributed by atoms with E-state index in [2.05, 4.69) is 53.6 Å². The van der Waals surface area contributed by atoms with Gasteiger partial charge in [-0.15, -0.1) is 0 Å². The second-order valence-corrected chi connectivity index (χ2v) is 9.19. The van der Waals surface area contributed by atoms with Crippen LogP contribution in [0.2, 0.25) is 0 Å². The van der Waals surface area contributed by atoms with Gasteiger partial charge in [-0.1, -0.05) is 6.07 Å². The third-order valence-electron chi connectivity index (χ3n) is 6.78. The summed E-state index contributed by atoms with van der Waals surface area (Å²) in [7, 11) is 0. The third-order valence-corrected chi connectivity index (χ3v) is 6.78. The molecular formula is C28H24N8O. The number of H-pyrrole nitrogens is 2. The summed E-state index contributed by atoms with van der Waals surface area (Å²) < 4.78 is 6.22. The predicted octanol–water partition coefficient (Wildman–Crippen LogP) is 4.76. The van der Waals surface area contributed by atoms with Crippen molar-refractivity contribution in [2.24, 2.45) is 0 Å². The standard InChI is InChI=1S/C28H24N8O/c1-2-23-22(14-18(1)19-13-21(16-31-15-19)37-20-5-10-30-11-6-20)26(36-35-23)28-33-24-7-12-32-25(27(24)34-28)17-3-8-29-9-4-17/h1-4,7-9,12-16,20,30H,5-6,10-11H2,(H,33,34)(H,35,36). The van der Waals surface area contributed by atoms with E-state index in [9.17, 15) is 0 Å². The van der Waals surface area contributed by atoms with E-state index in [1.165, 1.54) is 0 Å². The average molecular weight is 489 g/mol. The van der Waals surface area contributed by atoms with Gasteiger partial charge in [0.15, 0.2) is 5.82 Å². The van der Waals surface area contributed by atoms with E-state index >= 15 is 0 Å². The molecule has 6 heterocycles. The quantitative estimate of drug-likeness (QED) is 0.320. The number of benzene rings is 1. The molecule has 0 saturated carbocycles. The Bertz CT molecular complexity index is 1700. The summed E-state index contributed by atoms with van der Waals surface area (Å²) in [6.45, 7) is 1.97. The number of nitrogens with one attached hydrogen (secondary N) is 3. The van der Waals surface area contributed by atoms with Crippen molar-refractivity contribution >= 4 is 21.9 Å². The van der Waals surface area contributed by atoms with E-state index in [-0.39, 0.29) is 6.10 Å². The highest BCUT2D eigenvalue weighted by Gasteiger charge is 2.18. The molecule has 37 heavy (non-hydrogen) atoms. The Morgan fingerprint density at radius 1 is 0.784 bits per heavy atom. The number of hydrogen-bond donors (Lipinski definition) is 3. The molecule has 1 aromatic carbocycles. The van der Waals surface area contributed by atoms with Crippen molar-refractivity contribution in [3.8, 4) is 39.7 Å². The fraction of sp³-hybridized carbons (Fsp3) is 0.179. The van der Waals surface area contributed by atoms with Crippen LogP contribution in [0, 0.1) is 0 Å². The second-order valence-electron chi connectivity index (χ2n) is 9.19. The minimum absolute atomic E-state index is 0.223. The van der Waals surface area contributed by atoms with Crippen molar-refractivity contribution in [2.45, 2.75) is 18.9 Å². The second kappa shape index (κ2) is 9.11. The molecule has 0 spiro atoms. The van der Waals surface area contributed by atoms with Crippen LogP contribution in [-0.4, -0.2) is 54.3 Å². The maximum Gasteiger partial charge on any atom is 0.159 e. The molecule has 0 amide bonds. The van der Waals surface area contributed by atoms with Gasteiger partial charge in [0.25, 0.3) is 0 Å². The average Bonchev–Trinajstić information content (AvgIpc) is 3.58. The van der Waals surface area contributed by atoms with E-state index in [0.717, 1.165) is 81.7 Å². The fourth-order valence-corrected chi connectivity index (χ4v) is 4.89. The van der Waals surface area contributed by atoms with Crippen LogP contribution in [0.1, 0.15) is 12.8 Å². The molecule has 1 fully saturated rings. The Labute approximate surface area is 212 Å². The van der Waals surface area contributed by atoms with E-state index < -0.39 is 0 Å². The maximum atomic E-state index is 6.22. The first-order valence-electron chi connectivity index (χ1n) is 12.4. The first-order chi connectivity index (χ1) is 18.3. The van der Waals surface area contributed by atoms with Crippen molar-refractivity contribution in [3.63, 3.8) is 0 Å². The number of pyridine rings is 3. The molecule has 0 unspecified atom stereocenters. The zero-order chi connectivity index (χ0) is 24.6. The van der Waals surface area contributed by atoms with Gasteiger partial charge in [-0.2, -0.15) is 5.10 Å². The summed E-state index contributed by atoms with van der Waals surface area (Å²) in [5.41, 5.74) is 7.18. The first-order valence-corrected chi connectivity index (χ1v) is 12.4. The number of nitrogens with zero attached hydrogens (tertiary/aromatic N) is 5. The first kappa shape index (κ1) is 21.6. The van der Waals surface area contributed by atoms with Gasteiger partial charge in [-0.05, 0) is 67.9 Å². The van der Waals surface area contributed by atoms with Crippen molar-refractivity contribution in [3.05, 3.63) is 73.4 Å². The molecule has 0 aliphatic carbocycles. The minimum atomic E-state index is 0.223. The minimum Gasteiger partial charge on any atom is -0.489 e. The molecule has 0 atom stereocenters. The largest absolute Gasteiger partial charge is 0.489 e. The van der Waals surface area contributed by atoms with Gasteiger partial charge in [0, 0.05) is 41.3 Å². The molecule has 1 saturated heterocycles. The summed E-state index contributed by atoms with van der Waals surface area (Å²) in [6, 6.07) is 14.1. The molecule has 182 valence electrons. The van der Waals surface area contributed by atoms with E-state index in [1.807, 2.05) is 30.5 Å². The molecule has 0 radical (unpaired) electrons. The highest BCUT2D eigenvalue weighted by atomic mass is 16.5. The number of rotatable bonds is 5. The zero-order valence-electron chi connectivity index (χ0n) is 20.0. The van der Waals surface area contributed by atoms with E-state index in [1.54, 1.807) is 24.8 Å². The summed E-state index contributed by atoms with van der Waals surface area (Å²) in [5.74, 6) is 1.48. The smallest absolute Gasteiger partial charge is 0.159 e. The van der Waals surface area contributed by atoms with Crippen LogP contribution in [0.25, 0.3) is 55.8 Å². The van der Waals surface area contributed by atoms with Gasteiger partial charge in [-0.25, -0.2) is 4.98 Å². The molecule has 1 aliphatic heterocycles. The molecule has 7 rings (SSSR count). The van der Waals surface area contributed by atoms with Gasteiger partial charge in [0.2, 0.25) is 0 Å². The Morgan fingerprint density at radius 2 is 1.68 bits per heavy atom. The Kier molecular flexibility index (Phi) is 5.32. The van der Waals surface area contributed by atoms with Crippen LogP contribution in [0.4, 0.5) is 0 Å². The molecule has 9 nitrogen and oxygen atoms in total. The van der Waals surface area contributed by atoms with Crippen LogP contribution in [0.15, 0.2) is 73.4 Å². The molecule has 9 heteroatoms. The van der Waals surface area contributed by atoms with Gasteiger partial charge in [0.05, 0.1) is 22.9 Å². The van der Waals surface area contributed by atoms with Gasteiger partial charge in [-0.3, -0.25) is 20.1 Å². The maximum absolute atomic E-state index is 6.22. The number of imidazole rings is 1. The summed E-state index contributed by atoms with van der Waals surface area (Å²) >= 11 is 0. The molecule has 3 N–H and O–H groups in total. The molecule has 1 aliphatic rings.